The van der Waals surface area contributed by atoms with Crippen LogP contribution in [0.5, 0.6) is 0 Å². The van der Waals surface area contributed by atoms with Gasteiger partial charge in [0.2, 0.25) is 0 Å². The number of nitrogens with one attached hydrogen (secondary N) is 1. The third-order valence-electron chi connectivity index (χ3n) is 3.36. The van der Waals surface area contributed by atoms with Gasteiger partial charge in [0.25, 0.3) is 0 Å². The number of nitrogens with zero attached hydrogens (tertiary/aromatic N) is 2. The second-order valence-corrected chi connectivity index (χ2v) is 5.01. The zero-order valence-electron chi connectivity index (χ0n) is 11.1. The lowest BCUT2D eigenvalue weighted by Gasteiger charge is -2.23. The number of carboxylic acid groups (broad SMARTS) is 1. The van der Waals surface area contributed by atoms with Crippen molar-refractivity contribution in [1.82, 2.24) is 15.1 Å². The molecule has 0 aliphatic carbocycles. The first-order valence-corrected chi connectivity index (χ1v) is 6.39. The number of likely N-dealkylation sites (N-methyl/N-ethyl adjacent to an activating group) is 1. The fraction of sp³-hybridized carbons (Fsp3) is 0.917. The first-order chi connectivity index (χ1) is 8.04. The minimum absolute atomic E-state index is 0.434. The molecule has 1 rings (SSSR count). The highest BCUT2D eigenvalue weighted by Gasteiger charge is 2.27. The van der Waals surface area contributed by atoms with Crippen LogP contribution in [0.15, 0.2) is 0 Å². The Bertz CT molecular complexity index is 246. The molecule has 0 spiro atoms. The zero-order valence-corrected chi connectivity index (χ0v) is 11.1. The molecule has 0 aromatic carbocycles. The predicted molar refractivity (Wildman–Crippen MR) is 68.2 cm³/mol. The largest absolute Gasteiger partial charge is 0.480 e. The maximum absolute atomic E-state index is 11.1. The molecule has 2 unspecified atom stereocenters. The van der Waals surface area contributed by atoms with Crippen molar-refractivity contribution in [1.29, 1.82) is 0 Å². The fourth-order valence-electron chi connectivity index (χ4n) is 2.21. The van der Waals surface area contributed by atoms with Crippen molar-refractivity contribution in [2.24, 2.45) is 0 Å². The summed E-state index contributed by atoms with van der Waals surface area (Å²) < 4.78 is 0. The number of aliphatic carboxylic acids is 1. The monoisotopic (exact) mass is 243 g/mol. The zero-order chi connectivity index (χ0) is 12.8. The highest BCUT2D eigenvalue weighted by atomic mass is 16.4. The summed E-state index contributed by atoms with van der Waals surface area (Å²) in [6.07, 6.45) is 2.09. The van der Waals surface area contributed by atoms with Crippen LogP contribution in [-0.2, 0) is 4.79 Å². The molecule has 100 valence electrons. The molecular weight excluding hydrogens is 218 g/mol. The van der Waals surface area contributed by atoms with E-state index in [2.05, 4.69) is 29.2 Å². The van der Waals surface area contributed by atoms with Crippen LogP contribution in [0.25, 0.3) is 0 Å². The average molecular weight is 243 g/mol. The van der Waals surface area contributed by atoms with E-state index < -0.39 is 12.0 Å². The molecule has 0 bridgehead atoms. The van der Waals surface area contributed by atoms with Gasteiger partial charge in [-0.25, -0.2) is 0 Å². The number of carbonyl (C=O) groups is 1. The highest BCUT2D eigenvalue weighted by molar-refractivity contribution is 5.73. The molecule has 2 N–H and O–H groups in total. The lowest BCUT2D eigenvalue weighted by Crippen LogP contribution is -2.46. The first kappa shape index (κ1) is 14.4. The van der Waals surface area contributed by atoms with Gasteiger partial charge >= 0.3 is 5.97 Å². The Labute approximate surface area is 104 Å². The lowest BCUT2D eigenvalue weighted by atomic mass is 10.2. The maximum atomic E-state index is 11.1. The van der Waals surface area contributed by atoms with E-state index in [0.717, 1.165) is 32.5 Å². The molecule has 0 saturated carbocycles. The van der Waals surface area contributed by atoms with Crippen LogP contribution in [0.4, 0.5) is 0 Å². The number of hydrogen-bond acceptors (Lipinski definition) is 4. The van der Waals surface area contributed by atoms with Crippen molar-refractivity contribution >= 4 is 5.97 Å². The number of rotatable bonds is 7. The van der Waals surface area contributed by atoms with E-state index in [4.69, 9.17) is 5.11 Å². The molecule has 0 aromatic rings. The fourth-order valence-corrected chi connectivity index (χ4v) is 2.21. The molecule has 0 amide bonds. The molecule has 5 heteroatoms. The Kier molecular flexibility index (Phi) is 5.88. The summed E-state index contributed by atoms with van der Waals surface area (Å²) in [5.41, 5.74) is 0. The second-order valence-electron chi connectivity index (χ2n) is 5.01. The van der Waals surface area contributed by atoms with Crippen molar-refractivity contribution in [3.63, 3.8) is 0 Å². The molecule has 1 aliphatic heterocycles. The third kappa shape index (κ3) is 4.61. The molecule has 1 heterocycles. The number of carboxylic acids is 1. The van der Waals surface area contributed by atoms with Gasteiger partial charge in [-0.15, -0.1) is 0 Å². The van der Waals surface area contributed by atoms with Gasteiger partial charge < -0.3 is 15.3 Å². The predicted octanol–water partition coefficient (Wildman–Crippen LogP) is 0.0751. The Morgan fingerprint density at radius 3 is 2.76 bits per heavy atom. The summed E-state index contributed by atoms with van der Waals surface area (Å²) in [5, 5.41) is 12.2. The van der Waals surface area contributed by atoms with Crippen molar-refractivity contribution < 1.29 is 9.90 Å². The van der Waals surface area contributed by atoms with Crippen molar-refractivity contribution in [3.8, 4) is 0 Å². The SMILES string of the molecule is CCCNC(CN1CCC(N(C)C)C1)C(=O)O. The topological polar surface area (TPSA) is 55.8 Å². The molecule has 5 nitrogen and oxygen atoms in total. The Hall–Kier alpha value is -0.650. The van der Waals surface area contributed by atoms with E-state index in [-0.39, 0.29) is 0 Å². The summed E-state index contributed by atoms with van der Waals surface area (Å²) in [4.78, 5) is 15.6. The van der Waals surface area contributed by atoms with Crippen LogP contribution in [0, 0.1) is 0 Å². The number of hydrogen-bond donors (Lipinski definition) is 2. The van der Waals surface area contributed by atoms with Gasteiger partial charge in [-0.05, 0) is 40.0 Å². The lowest BCUT2D eigenvalue weighted by molar-refractivity contribution is -0.139. The Morgan fingerprint density at radius 2 is 2.29 bits per heavy atom. The summed E-state index contributed by atoms with van der Waals surface area (Å²) >= 11 is 0. The first-order valence-electron chi connectivity index (χ1n) is 6.39. The third-order valence-corrected chi connectivity index (χ3v) is 3.36. The molecule has 2 atom stereocenters. The standard InChI is InChI=1S/C12H25N3O2/c1-4-6-13-11(12(16)17)9-15-7-5-10(8-15)14(2)3/h10-11,13H,4-9H2,1-3H3,(H,16,17). The smallest absolute Gasteiger partial charge is 0.322 e. The Morgan fingerprint density at radius 1 is 1.59 bits per heavy atom. The van der Waals surface area contributed by atoms with E-state index in [1.165, 1.54) is 0 Å². The quantitative estimate of drug-likeness (QED) is 0.663. The molecule has 17 heavy (non-hydrogen) atoms. The summed E-state index contributed by atoms with van der Waals surface area (Å²) in [6, 6.07) is 0.131. The van der Waals surface area contributed by atoms with Crippen LogP contribution < -0.4 is 5.32 Å². The van der Waals surface area contributed by atoms with E-state index in [9.17, 15) is 4.79 Å². The maximum Gasteiger partial charge on any atom is 0.322 e. The van der Waals surface area contributed by atoms with Crippen molar-refractivity contribution in [2.45, 2.75) is 31.8 Å². The average Bonchev–Trinajstić information content (AvgIpc) is 2.72. The minimum Gasteiger partial charge on any atom is -0.480 e. The van der Waals surface area contributed by atoms with Crippen LogP contribution in [0.2, 0.25) is 0 Å². The molecule has 0 radical (unpaired) electrons. The number of likely N-dealkylation sites (tertiary alicyclic amines) is 1. The van der Waals surface area contributed by atoms with Crippen LogP contribution in [-0.4, -0.2) is 73.2 Å². The summed E-state index contributed by atoms with van der Waals surface area (Å²) in [7, 11) is 4.16. The van der Waals surface area contributed by atoms with Gasteiger partial charge in [-0.1, -0.05) is 6.92 Å². The minimum atomic E-state index is -0.744. The van der Waals surface area contributed by atoms with Crippen molar-refractivity contribution in [2.75, 3.05) is 40.3 Å². The van der Waals surface area contributed by atoms with Crippen LogP contribution in [0.1, 0.15) is 19.8 Å². The van der Waals surface area contributed by atoms with Crippen molar-refractivity contribution in [3.05, 3.63) is 0 Å². The normalized spacial score (nSPS) is 23.2. The van der Waals surface area contributed by atoms with Gasteiger partial charge in [-0.2, -0.15) is 0 Å². The molecule has 0 aromatic heterocycles. The summed E-state index contributed by atoms with van der Waals surface area (Å²) in [5.74, 6) is -0.744. The van der Waals surface area contributed by atoms with Gasteiger partial charge in [0, 0.05) is 19.1 Å². The molecule has 1 saturated heterocycles. The van der Waals surface area contributed by atoms with E-state index in [1.54, 1.807) is 0 Å². The van der Waals surface area contributed by atoms with Gasteiger partial charge in [-0.3, -0.25) is 9.69 Å². The Balaban J connectivity index is 2.38. The molecule has 1 aliphatic rings. The summed E-state index contributed by atoms with van der Waals surface area (Å²) in [6.45, 7) is 5.40. The van der Waals surface area contributed by atoms with Crippen LogP contribution >= 0.6 is 0 Å². The van der Waals surface area contributed by atoms with Gasteiger partial charge in [0.15, 0.2) is 0 Å². The van der Waals surface area contributed by atoms with Crippen LogP contribution in [0.3, 0.4) is 0 Å². The highest BCUT2D eigenvalue weighted by Crippen LogP contribution is 2.13. The second kappa shape index (κ2) is 6.93. The van der Waals surface area contributed by atoms with Gasteiger partial charge in [0.05, 0.1) is 0 Å². The van der Waals surface area contributed by atoms with E-state index >= 15 is 0 Å². The molecular formula is C12H25N3O2. The van der Waals surface area contributed by atoms with E-state index in [0.29, 0.717) is 12.6 Å². The van der Waals surface area contributed by atoms with E-state index in [1.807, 2.05) is 6.92 Å². The van der Waals surface area contributed by atoms with Gasteiger partial charge in [0.1, 0.15) is 6.04 Å². The molecule has 1 fully saturated rings.